The monoisotopic (exact) mass is 434 g/mol. The van der Waals surface area contributed by atoms with Gasteiger partial charge in [-0.25, -0.2) is 4.98 Å². The molecule has 27 heavy (non-hydrogen) atoms. The molecule has 1 aromatic heterocycles. The number of nitrogens with zero attached hydrogens (tertiary/aromatic N) is 2. The van der Waals surface area contributed by atoms with Crippen LogP contribution in [0.1, 0.15) is 5.69 Å². The Morgan fingerprint density at radius 3 is 2.33 bits per heavy atom. The van der Waals surface area contributed by atoms with Crippen LogP contribution in [-0.2, 0) is 0 Å². The maximum atomic E-state index is 5.29. The van der Waals surface area contributed by atoms with Crippen molar-refractivity contribution in [1.82, 2.24) is 10.4 Å². The molecule has 0 bridgehead atoms. The molecule has 0 aliphatic rings. The van der Waals surface area contributed by atoms with Crippen molar-refractivity contribution in [2.45, 2.75) is 0 Å². The summed E-state index contributed by atoms with van der Waals surface area (Å²) in [4.78, 5) is 4.74. The molecule has 0 atom stereocenters. The van der Waals surface area contributed by atoms with E-state index in [-0.39, 0.29) is 0 Å². The summed E-state index contributed by atoms with van der Waals surface area (Å²) in [5.41, 5.74) is 5.47. The van der Waals surface area contributed by atoms with Gasteiger partial charge in [-0.3, -0.25) is 5.43 Å². The Kier molecular flexibility index (Phi) is 5.09. The van der Waals surface area contributed by atoms with Crippen molar-refractivity contribution in [3.8, 4) is 0 Å². The minimum absolute atomic E-state index is 0.415. The summed E-state index contributed by atoms with van der Waals surface area (Å²) in [5, 5.41) is 11.1. The summed E-state index contributed by atoms with van der Waals surface area (Å²) >= 11 is 8.70. The normalized spacial score (nSPS) is 11.1. The van der Waals surface area contributed by atoms with Crippen LogP contribution in [0.15, 0.2) is 82.4 Å². The Morgan fingerprint density at radius 1 is 0.889 bits per heavy atom. The van der Waals surface area contributed by atoms with E-state index in [1.54, 1.807) is 6.21 Å². The number of thiocarbonyl (C=S) groups is 1. The van der Waals surface area contributed by atoms with Crippen LogP contribution in [-0.4, -0.2) is 16.3 Å². The summed E-state index contributed by atoms with van der Waals surface area (Å²) in [6.45, 7) is 0. The van der Waals surface area contributed by atoms with E-state index in [0.29, 0.717) is 5.11 Å². The van der Waals surface area contributed by atoms with E-state index in [9.17, 15) is 0 Å². The van der Waals surface area contributed by atoms with E-state index in [4.69, 9.17) is 17.2 Å². The van der Waals surface area contributed by atoms with Gasteiger partial charge in [0.25, 0.3) is 0 Å². The van der Waals surface area contributed by atoms with E-state index in [2.05, 4.69) is 50.0 Å². The van der Waals surface area contributed by atoms with Gasteiger partial charge in [0.15, 0.2) is 5.11 Å². The average Bonchev–Trinajstić information content (AvgIpc) is 2.70. The Morgan fingerprint density at radius 2 is 1.56 bits per heavy atom. The van der Waals surface area contributed by atoms with Crippen LogP contribution < -0.4 is 10.7 Å². The minimum atomic E-state index is 0.415. The van der Waals surface area contributed by atoms with E-state index in [1.165, 1.54) is 0 Å². The number of pyridine rings is 1. The molecule has 0 unspecified atom stereocenters. The zero-order chi connectivity index (χ0) is 18.6. The summed E-state index contributed by atoms with van der Waals surface area (Å²) in [7, 11) is 0. The Bertz CT molecular complexity index is 1160. The highest BCUT2D eigenvalue weighted by Gasteiger charge is 2.06. The van der Waals surface area contributed by atoms with Crippen molar-refractivity contribution in [1.29, 1.82) is 0 Å². The third-order valence-electron chi connectivity index (χ3n) is 4.09. The van der Waals surface area contributed by atoms with Gasteiger partial charge in [-0.15, -0.1) is 0 Å². The Labute approximate surface area is 170 Å². The number of hydrogen-bond donors (Lipinski definition) is 2. The molecule has 132 valence electrons. The maximum absolute atomic E-state index is 5.29. The molecule has 4 rings (SSSR count). The standard InChI is InChI=1S/C21H15BrN4S/c22-14-9-11-15(12-10-14)24-21(27)26-23-13-20-18-7-2-1-5-16(18)17-6-3-4-8-19(17)25-20/h1-13H,(H2,24,26,27)/b23-13+. The molecule has 4 nitrogen and oxygen atoms in total. The molecule has 0 aliphatic heterocycles. The van der Waals surface area contributed by atoms with Gasteiger partial charge in [0.1, 0.15) is 0 Å². The third-order valence-corrected chi connectivity index (χ3v) is 4.82. The maximum Gasteiger partial charge on any atom is 0.191 e. The lowest BCUT2D eigenvalue weighted by Crippen LogP contribution is -2.23. The highest BCUT2D eigenvalue weighted by molar-refractivity contribution is 9.10. The van der Waals surface area contributed by atoms with Crippen molar-refractivity contribution in [3.63, 3.8) is 0 Å². The molecule has 0 radical (unpaired) electrons. The second-order valence-corrected chi connectivity index (χ2v) is 7.21. The van der Waals surface area contributed by atoms with E-state index < -0.39 is 0 Å². The molecule has 3 aromatic carbocycles. The van der Waals surface area contributed by atoms with Gasteiger partial charge < -0.3 is 5.32 Å². The Hall–Kier alpha value is -2.83. The van der Waals surface area contributed by atoms with Crippen LogP contribution in [0.2, 0.25) is 0 Å². The molecular formula is C21H15BrN4S. The largest absolute Gasteiger partial charge is 0.331 e. The zero-order valence-corrected chi connectivity index (χ0v) is 16.6. The fourth-order valence-electron chi connectivity index (χ4n) is 2.87. The molecule has 0 fully saturated rings. The SMILES string of the molecule is S=C(N/N=C/c1nc2ccccc2c2ccccc12)Nc1ccc(Br)cc1. The van der Waals surface area contributed by atoms with Gasteiger partial charge in [0, 0.05) is 20.9 Å². The first-order valence-electron chi connectivity index (χ1n) is 8.34. The second kappa shape index (κ2) is 7.82. The number of hydrogen-bond acceptors (Lipinski definition) is 3. The van der Waals surface area contributed by atoms with Crippen molar-refractivity contribution in [3.05, 3.63) is 83.0 Å². The van der Waals surface area contributed by atoms with Crippen LogP contribution in [0.4, 0.5) is 5.69 Å². The quantitative estimate of drug-likeness (QED) is 0.194. The molecular weight excluding hydrogens is 420 g/mol. The smallest absolute Gasteiger partial charge is 0.191 e. The summed E-state index contributed by atoms with van der Waals surface area (Å²) < 4.78 is 1.01. The number of anilines is 1. The van der Waals surface area contributed by atoms with Gasteiger partial charge in [-0.1, -0.05) is 58.4 Å². The Balaban J connectivity index is 1.57. The molecule has 0 aliphatic carbocycles. The van der Waals surface area contributed by atoms with Gasteiger partial charge in [-0.2, -0.15) is 5.10 Å². The first-order chi connectivity index (χ1) is 13.2. The average molecular weight is 435 g/mol. The predicted molar refractivity (Wildman–Crippen MR) is 120 cm³/mol. The molecule has 0 amide bonds. The molecule has 2 N–H and O–H groups in total. The van der Waals surface area contributed by atoms with Gasteiger partial charge >= 0.3 is 0 Å². The number of halogens is 1. The lowest BCUT2D eigenvalue weighted by Gasteiger charge is -2.08. The zero-order valence-electron chi connectivity index (χ0n) is 14.2. The van der Waals surface area contributed by atoms with Gasteiger partial charge in [0.2, 0.25) is 0 Å². The van der Waals surface area contributed by atoms with Gasteiger partial charge in [-0.05, 0) is 47.9 Å². The molecule has 6 heteroatoms. The first-order valence-corrected chi connectivity index (χ1v) is 9.54. The number of fused-ring (bicyclic) bond motifs is 3. The van der Waals surface area contributed by atoms with Crippen LogP contribution in [0, 0.1) is 0 Å². The number of aromatic nitrogens is 1. The van der Waals surface area contributed by atoms with Crippen LogP contribution in [0.5, 0.6) is 0 Å². The first kappa shape index (κ1) is 17.6. The highest BCUT2D eigenvalue weighted by atomic mass is 79.9. The van der Waals surface area contributed by atoms with Crippen LogP contribution in [0.3, 0.4) is 0 Å². The van der Waals surface area contributed by atoms with Crippen molar-refractivity contribution in [2.75, 3.05) is 5.32 Å². The lowest BCUT2D eigenvalue weighted by molar-refractivity contribution is 1.05. The van der Waals surface area contributed by atoms with E-state index in [0.717, 1.165) is 37.5 Å². The van der Waals surface area contributed by atoms with E-state index in [1.807, 2.05) is 54.6 Å². The molecule has 0 saturated carbocycles. The number of rotatable bonds is 3. The third kappa shape index (κ3) is 3.97. The lowest BCUT2D eigenvalue weighted by atomic mass is 10.0. The number of hydrazone groups is 1. The summed E-state index contributed by atoms with van der Waals surface area (Å²) in [5.74, 6) is 0. The highest BCUT2D eigenvalue weighted by Crippen LogP contribution is 2.25. The second-order valence-electron chi connectivity index (χ2n) is 5.89. The van der Waals surface area contributed by atoms with Crippen LogP contribution >= 0.6 is 28.1 Å². The van der Waals surface area contributed by atoms with E-state index >= 15 is 0 Å². The number of benzene rings is 3. The minimum Gasteiger partial charge on any atom is -0.331 e. The summed E-state index contributed by atoms with van der Waals surface area (Å²) in [6.07, 6.45) is 1.70. The molecule has 0 saturated heterocycles. The molecule has 0 spiro atoms. The van der Waals surface area contributed by atoms with Crippen molar-refractivity contribution in [2.24, 2.45) is 5.10 Å². The molecule has 1 heterocycles. The van der Waals surface area contributed by atoms with Crippen molar-refractivity contribution >= 4 is 66.8 Å². The number of para-hydroxylation sites is 1. The number of nitrogens with one attached hydrogen (secondary N) is 2. The fraction of sp³-hybridized carbons (Fsp3) is 0. The van der Waals surface area contributed by atoms with Crippen LogP contribution in [0.25, 0.3) is 21.7 Å². The summed E-state index contributed by atoms with van der Waals surface area (Å²) in [6, 6.07) is 24.0. The predicted octanol–water partition coefficient (Wildman–Crippen LogP) is 5.47. The topological polar surface area (TPSA) is 49.3 Å². The fourth-order valence-corrected chi connectivity index (χ4v) is 3.31. The van der Waals surface area contributed by atoms with Crippen molar-refractivity contribution < 1.29 is 0 Å². The van der Waals surface area contributed by atoms with Gasteiger partial charge in [0.05, 0.1) is 17.4 Å². The molecule has 4 aromatic rings.